The van der Waals surface area contributed by atoms with Gasteiger partial charge in [-0.2, -0.15) is 0 Å². The third-order valence-electron chi connectivity index (χ3n) is 5.01. The Morgan fingerprint density at radius 1 is 1.07 bits per heavy atom. The predicted octanol–water partition coefficient (Wildman–Crippen LogP) is 3.87. The second-order valence-electron chi connectivity index (χ2n) is 7.33. The van der Waals surface area contributed by atoms with Gasteiger partial charge in [0, 0.05) is 37.4 Å². The summed E-state index contributed by atoms with van der Waals surface area (Å²) in [7, 11) is 0. The number of para-hydroxylation sites is 1. The van der Waals surface area contributed by atoms with Crippen LogP contribution in [0.5, 0.6) is 0 Å². The van der Waals surface area contributed by atoms with Gasteiger partial charge in [0.05, 0.1) is 5.52 Å². The molecule has 0 radical (unpaired) electrons. The van der Waals surface area contributed by atoms with Gasteiger partial charge in [-0.25, -0.2) is 9.97 Å². The zero-order chi connectivity index (χ0) is 19.3. The molecule has 0 bridgehead atoms. The van der Waals surface area contributed by atoms with Crippen LogP contribution < -0.4 is 10.2 Å². The fourth-order valence-electron chi connectivity index (χ4n) is 3.33. The summed E-state index contributed by atoms with van der Waals surface area (Å²) in [5.41, 5.74) is 2.15. The number of benzene rings is 2. The van der Waals surface area contributed by atoms with E-state index in [1.165, 1.54) is 5.56 Å². The highest BCUT2D eigenvalue weighted by Gasteiger charge is 2.23. The number of fused-ring (bicyclic) bond motifs is 1. The van der Waals surface area contributed by atoms with Gasteiger partial charge in [0.2, 0.25) is 5.91 Å². The smallest absolute Gasteiger partial charge is 0.221 e. The number of carbonyl (C=O) groups excluding carboxylic acids is 1. The minimum Gasteiger partial charge on any atom is -0.353 e. The molecule has 1 heterocycles. The number of nitrogens with zero attached hydrogens (tertiary/aromatic N) is 3. The number of amides is 1. The van der Waals surface area contributed by atoms with Crippen LogP contribution in [-0.4, -0.2) is 28.5 Å². The Labute approximate surface area is 165 Å². The van der Waals surface area contributed by atoms with Gasteiger partial charge in [0.25, 0.3) is 0 Å². The summed E-state index contributed by atoms with van der Waals surface area (Å²) in [5.74, 6) is 1.86. The van der Waals surface area contributed by atoms with Gasteiger partial charge in [-0.15, -0.1) is 0 Å². The second kappa shape index (κ2) is 8.38. The van der Waals surface area contributed by atoms with Crippen LogP contribution in [0.1, 0.15) is 37.6 Å². The first-order chi connectivity index (χ1) is 13.7. The van der Waals surface area contributed by atoms with Crippen molar-refractivity contribution in [2.24, 2.45) is 0 Å². The molecule has 0 spiro atoms. The molecule has 144 valence electrons. The molecular formula is C23H26N4O. The molecule has 5 heteroatoms. The van der Waals surface area contributed by atoms with Crippen molar-refractivity contribution in [1.82, 2.24) is 15.3 Å². The molecule has 2 aromatic carbocycles. The first-order valence-corrected chi connectivity index (χ1v) is 10.1. The van der Waals surface area contributed by atoms with Crippen LogP contribution in [0.25, 0.3) is 10.9 Å². The third-order valence-corrected chi connectivity index (χ3v) is 5.01. The molecule has 1 fully saturated rings. The maximum absolute atomic E-state index is 12.3. The van der Waals surface area contributed by atoms with Crippen LogP contribution in [0.15, 0.2) is 54.6 Å². The SMILES string of the molecule is CCc1nc(N(CCC(=O)NC2CC2)Cc2ccccc2)c2ccccc2n1. The predicted molar refractivity (Wildman–Crippen MR) is 112 cm³/mol. The molecule has 0 atom stereocenters. The molecule has 1 N–H and O–H groups in total. The topological polar surface area (TPSA) is 58.1 Å². The minimum absolute atomic E-state index is 0.120. The van der Waals surface area contributed by atoms with Gasteiger partial charge in [0.1, 0.15) is 11.6 Å². The Hall–Kier alpha value is -2.95. The standard InChI is InChI=1S/C23H26N4O/c1-2-21-25-20-11-7-6-10-19(20)23(26-21)27(16-17-8-4-3-5-9-17)15-14-22(28)24-18-12-13-18/h3-11,18H,2,12-16H2,1H3,(H,24,28). The summed E-state index contributed by atoms with van der Waals surface area (Å²) in [5, 5.41) is 4.11. The van der Waals surface area contributed by atoms with Crippen molar-refractivity contribution in [3.05, 3.63) is 66.0 Å². The maximum atomic E-state index is 12.3. The molecule has 0 saturated heterocycles. The normalized spacial score (nSPS) is 13.5. The van der Waals surface area contributed by atoms with E-state index < -0.39 is 0 Å². The summed E-state index contributed by atoms with van der Waals surface area (Å²) < 4.78 is 0. The van der Waals surface area contributed by atoms with Crippen LogP contribution in [0.4, 0.5) is 5.82 Å². The van der Waals surface area contributed by atoms with Crippen molar-refractivity contribution in [2.45, 2.75) is 45.2 Å². The number of aromatic nitrogens is 2. The number of nitrogens with one attached hydrogen (secondary N) is 1. The van der Waals surface area contributed by atoms with E-state index >= 15 is 0 Å². The molecular weight excluding hydrogens is 348 g/mol. The monoisotopic (exact) mass is 374 g/mol. The van der Waals surface area contributed by atoms with Gasteiger partial charge >= 0.3 is 0 Å². The second-order valence-corrected chi connectivity index (χ2v) is 7.33. The summed E-state index contributed by atoms with van der Waals surface area (Å²) in [6.07, 6.45) is 3.45. The van der Waals surface area contributed by atoms with Gasteiger partial charge in [0.15, 0.2) is 0 Å². The van der Waals surface area contributed by atoms with E-state index in [0.717, 1.165) is 41.8 Å². The highest BCUT2D eigenvalue weighted by molar-refractivity contribution is 5.89. The molecule has 0 aliphatic heterocycles. The van der Waals surface area contributed by atoms with E-state index in [-0.39, 0.29) is 5.91 Å². The number of hydrogen-bond donors (Lipinski definition) is 1. The Balaban J connectivity index is 1.65. The quantitative estimate of drug-likeness (QED) is 0.650. The maximum Gasteiger partial charge on any atom is 0.221 e. The molecule has 5 nitrogen and oxygen atoms in total. The zero-order valence-corrected chi connectivity index (χ0v) is 16.3. The largest absolute Gasteiger partial charge is 0.353 e. The minimum atomic E-state index is 0.120. The van der Waals surface area contributed by atoms with E-state index in [1.54, 1.807) is 0 Å². The third kappa shape index (κ3) is 4.47. The van der Waals surface area contributed by atoms with Crippen LogP contribution in [-0.2, 0) is 17.8 Å². The van der Waals surface area contributed by atoms with Gasteiger partial charge in [-0.1, -0.05) is 49.4 Å². The molecule has 28 heavy (non-hydrogen) atoms. The lowest BCUT2D eigenvalue weighted by Crippen LogP contribution is -2.32. The molecule has 1 aliphatic carbocycles. The summed E-state index contributed by atoms with van der Waals surface area (Å²) in [6.45, 7) is 3.40. The zero-order valence-electron chi connectivity index (χ0n) is 16.3. The average Bonchev–Trinajstić information content (AvgIpc) is 3.55. The van der Waals surface area contributed by atoms with E-state index in [2.05, 4.69) is 40.3 Å². The molecule has 3 aromatic rings. The molecule has 1 aromatic heterocycles. The van der Waals surface area contributed by atoms with Gasteiger partial charge in [-0.3, -0.25) is 4.79 Å². The number of rotatable bonds is 8. The number of hydrogen-bond acceptors (Lipinski definition) is 4. The fourth-order valence-corrected chi connectivity index (χ4v) is 3.33. The fraction of sp³-hybridized carbons (Fsp3) is 0.348. The van der Waals surface area contributed by atoms with E-state index in [0.29, 0.717) is 25.6 Å². The Morgan fingerprint density at radius 2 is 1.82 bits per heavy atom. The van der Waals surface area contributed by atoms with Crippen molar-refractivity contribution in [3.8, 4) is 0 Å². The highest BCUT2D eigenvalue weighted by atomic mass is 16.1. The van der Waals surface area contributed by atoms with Crippen LogP contribution in [0.3, 0.4) is 0 Å². The van der Waals surface area contributed by atoms with Gasteiger partial charge in [-0.05, 0) is 30.5 Å². The molecule has 1 amide bonds. The van der Waals surface area contributed by atoms with Crippen molar-refractivity contribution in [2.75, 3.05) is 11.4 Å². The van der Waals surface area contributed by atoms with Crippen molar-refractivity contribution < 1.29 is 4.79 Å². The number of anilines is 1. The van der Waals surface area contributed by atoms with Crippen LogP contribution in [0.2, 0.25) is 0 Å². The van der Waals surface area contributed by atoms with Crippen LogP contribution >= 0.6 is 0 Å². The Bertz CT molecular complexity index is 953. The number of carbonyl (C=O) groups is 1. The molecule has 1 saturated carbocycles. The average molecular weight is 374 g/mol. The molecule has 1 aliphatic rings. The lowest BCUT2D eigenvalue weighted by atomic mass is 10.1. The van der Waals surface area contributed by atoms with Crippen LogP contribution in [0, 0.1) is 0 Å². The Kier molecular flexibility index (Phi) is 5.51. The number of aryl methyl sites for hydroxylation is 1. The van der Waals surface area contributed by atoms with Crippen molar-refractivity contribution >= 4 is 22.6 Å². The highest BCUT2D eigenvalue weighted by Crippen LogP contribution is 2.26. The summed E-state index contributed by atoms with van der Waals surface area (Å²) >= 11 is 0. The van der Waals surface area contributed by atoms with E-state index in [9.17, 15) is 4.79 Å². The first-order valence-electron chi connectivity index (χ1n) is 10.1. The van der Waals surface area contributed by atoms with E-state index in [1.807, 2.05) is 36.4 Å². The summed E-state index contributed by atoms with van der Waals surface area (Å²) in [6, 6.07) is 18.8. The molecule has 4 rings (SSSR count). The Morgan fingerprint density at radius 3 is 2.57 bits per heavy atom. The van der Waals surface area contributed by atoms with Crippen molar-refractivity contribution in [1.29, 1.82) is 0 Å². The van der Waals surface area contributed by atoms with Crippen molar-refractivity contribution in [3.63, 3.8) is 0 Å². The summed E-state index contributed by atoms with van der Waals surface area (Å²) in [4.78, 5) is 24.0. The van der Waals surface area contributed by atoms with Gasteiger partial charge < -0.3 is 10.2 Å². The molecule has 0 unspecified atom stereocenters. The lowest BCUT2D eigenvalue weighted by molar-refractivity contribution is -0.121. The lowest BCUT2D eigenvalue weighted by Gasteiger charge is -2.25. The first kappa shape index (κ1) is 18.4. The van der Waals surface area contributed by atoms with E-state index in [4.69, 9.17) is 4.98 Å².